The quantitative estimate of drug-likeness (QED) is 0.556. The maximum Gasteiger partial charge on any atom is -0.0203 e. The molecule has 0 saturated heterocycles. The maximum atomic E-state index is 4.19. The van der Waals surface area contributed by atoms with Gasteiger partial charge in [-0.25, -0.2) is 0 Å². The van der Waals surface area contributed by atoms with Gasteiger partial charge < -0.3 is 0 Å². The van der Waals surface area contributed by atoms with Crippen molar-refractivity contribution in [3.63, 3.8) is 0 Å². The van der Waals surface area contributed by atoms with Crippen LogP contribution in [0.2, 0.25) is 0 Å². The predicted molar refractivity (Wildman–Crippen MR) is 59.8 cm³/mol. The summed E-state index contributed by atoms with van der Waals surface area (Å²) >= 11 is 0. The van der Waals surface area contributed by atoms with Gasteiger partial charge in [0.1, 0.15) is 0 Å². The van der Waals surface area contributed by atoms with Gasteiger partial charge in [-0.05, 0) is 31.1 Å². The molecular formula is C13H24. The highest BCUT2D eigenvalue weighted by Crippen LogP contribution is 2.35. The number of hydrogen-bond donors (Lipinski definition) is 0. The Hall–Kier alpha value is -0.260. The molecule has 1 aliphatic carbocycles. The van der Waals surface area contributed by atoms with Crippen LogP contribution in [0, 0.1) is 11.8 Å². The lowest BCUT2D eigenvalue weighted by Gasteiger charge is -2.30. The molecule has 0 aromatic carbocycles. The molecule has 1 aliphatic rings. The topological polar surface area (TPSA) is 0 Å². The van der Waals surface area contributed by atoms with E-state index >= 15 is 0 Å². The molecule has 0 heteroatoms. The first-order valence-corrected chi connectivity index (χ1v) is 5.95. The Balaban J connectivity index is 2.37. The Morgan fingerprint density at radius 1 is 1.31 bits per heavy atom. The maximum absolute atomic E-state index is 4.19. The molecule has 0 aromatic heterocycles. The molecule has 1 rings (SSSR count). The summed E-state index contributed by atoms with van der Waals surface area (Å²) in [5.74, 6) is 1.86. The molecule has 0 spiro atoms. The SMILES string of the molecule is C=C(CC)[C@@H]1CCC[C@H](CCC)C1. The third-order valence-corrected chi connectivity index (χ3v) is 3.51. The van der Waals surface area contributed by atoms with Crippen LogP contribution in [0.4, 0.5) is 0 Å². The van der Waals surface area contributed by atoms with Gasteiger partial charge in [-0.1, -0.05) is 51.7 Å². The highest BCUT2D eigenvalue weighted by atomic mass is 14.3. The Morgan fingerprint density at radius 2 is 2.08 bits per heavy atom. The summed E-state index contributed by atoms with van der Waals surface area (Å²) in [6.07, 6.45) is 9.73. The Kier molecular flexibility index (Phi) is 4.55. The summed E-state index contributed by atoms with van der Waals surface area (Å²) in [4.78, 5) is 0. The van der Waals surface area contributed by atoms with Crippen LogP contribution in [0.25, 0.3) is 0 Å². The second-order valence-electron chi connectivity index (χ2n) is 4.53. The minimum Gasteiger partial charge on any atom is -0.0996 e. The van der Waals surface area contributed by atoms with Crippen molar-refractivity contribution < 1.29 is 0 Å². The molecule has 1 saturated carbocycles. The first-order chi connectivity index (χ1) is 6.27. The second kappa shape index (κ2) is 5.47. The van der Waals surface area contributed by atoms with Crippen molar-refractivity contribution in [1.29, 1.82) is 0 Å². The zero-order valence-electron chi connectivity index (χ0n) is 9.31. The lowest BCUT2D eigenvalue weighted by Crippen LogP contribution is -2.16. The first-order valence-electron chi connectivity index (χ1n) is 5.95. The third kappa shape index (κ3) is 3.17. The van der Waals surface area contributed by atoms with Crippen LogP contribution in [0.3, 0.4) is 0 Å². The van der Waals surface area contributed by atoms with Crippen LogP contribution in [0.5, 0.6) is 0 Å². The van der Waals surface area contributed by atoms with Crippen molar-refractivity contribution in [2.45, 2.75) is 58.8 Å². The molecule has 1 fully saturated rings. The van der Waals surface area contributed by atoms with Gasteiger partial charge in [0.25, 0.3) is 0 Å². The van der Waals surface area contributed by atoms with E-state index in [9.17, 15) is 0 Å². The smallest absolute Gasteiger partial charge is 0.0203 e. The van der Waals surface area contributed by atoms with Gasteiger partial charge in [-0.3, -0.25) is 0 Å². The van der Waals surface area contributed by atoms with Crippen molar-refractivity contribution in [3.8, 4) is 0 Å². The van der Waals surface area contributed by atoms with E-state index < -0.39 is 0 Å². The van der Waals surface area contributed by atoms with Gasteiger partial charge in [0, 0.05) is 0 Å². The molecule has 76 valence electrons. The Labute approximate surface area is 83.4 Å². The van der Waals surface area contributed by atoms with Crippen molar-refractivity contribution >= 4 is 0 Å². The van der Waals surface area contributed by atoms with Crippen molar-refractivity contribution in [2.24, 2.45) is 11.8 Å². The fourth-order valence-electron chi connectivity index (χ4n) is 2.62. The molecule has 0 bridgehead atoms. The summed E-state index contributed by atoms with van der Waals surface area (Å²) in [7, 11) is 0. The monoisotopic (exact) mass is 180 g/mol. The minimum atomic E-state index is 0.857. The van der Waals surface area contributed by atoms with Gasteiger partial charge in [0.2, 0.25) is 0 Å². The fraction of sp³-hybridized carbons (Fsp3) is 0.846. The summed E-state index contributed by atoms with van der Waals surface area (Å²) in [5, 5.41) is 0. The van der Waals surface area contributed by atoms with Crippen LogP contribution in [0.15, 0.2) is 12.2 Å². The second-order valence-corrected chi connectivity index (χ2v) is 4.53. The molecule has 0 N–H and O–H groups in total. The highest BCUT2D eigenvalue weighted by molar-refractivity contribution is 5.01. The van der Waals surface area contributed by atoms with E-state index in [0.717, 1.165) is 11.8 Å². The average molecular weight is 180 g/mol. The molecule has 0 aliphatic heterocycles. The standard InChI is InChI=1S/C13H24/c1-4-7-12-8-6-9-13(10-12)11(3)5-2/h12-13H,3-10H2,1-2H3/t12-,13+/m0/s1. The first kappa shape index (κ1) is 10.8. The molecule has 13 heavy (non-hydrogen) atoms. The molecule has 0 heterocycles. The van der Waals surface area contributed by atoms with E-state index in [-0.39, 0.29) is 0 Å². The normalized spacial score (nSPS) is 28.8. The molecule has 0 aromatic rings. The van der Waals surface area contributed by atoms with Gasteiger partial charge in [-0.15, -0.1) is 0 Å². The van der Waals surface area contributed by atoms with E-state index in [1.807, 2.05) is 0 Å². The molecule has 2 atom stereocenters. The van der Waals surface area contributed by atoms with Crippen molar-refractivity contribution in [2.75, 3.05) is 0 Å². The van der Waals surface area contributed by atoms with Crippen LogP contribution in [0.1, 0.15) is 58.8 Å². The third-order valence-electron chi connectivity index (χ3n) is 3.51. The summed E-state index contributed by atoms with van der Waals surface area (Å²) in [6, 6.07) is 0. The van der Waals surface area contributed by atoms with E-state index in [1.165, 1.54) is 50.5 Å². The molecule has 0 unspecified atom stereocenters. The Bertz CT molecular complexity index is 155. The molecule has 0 amide bonds. The molecule has 0 radical (unpaired) electrons. The lowest BCUT2D eigenvalue weighted by atomic mass is 9.76. The Morgan fingerprint density at radius 3 is 2.69 bits per heavy atom. The highest BCUT2D eigenvalue weighted by Gasteiger charge is 2.22. The van der Waals surface area contributed by atoms with Crippen LogP contribution < -0.4 is 0 Å². The minimum absolute atomic E-state index is 0.857. The van der Waals surface area contributed by atoms with E-state index in [0.29, 0.717) is 0 Å². The van der Waals surface area contributed by atoms with Crippen molar-refractivity contribution in [3.05, 3.63) is 12.2 Å². The van der Waals surface area contributed by atoms with Crippen LogP contribution >= 0.6 is 0 Å². The lowest BCUT2D eigenvalue weighted by molar-refractivity contribution is 0.277. The number of allylic oxidation sites excluding steroid dienone is 1. The molecular weight excluding hydrogens is 156 g/mol. The van der Waals surface area contributed by atoms with E-state index in [4.69, 9.17) is 0 Å². The molecule has 0 nitrogen and oxygen atoms in total. The average Bonchev–Trinajstić information content (AvgIpc) is 2.18. The van der Waals surface area contributed by atoms with Gasteiger partial charge in [0.05, 0.1) is 0 Å². The van der Waals surface area contributed by atoms with Gasteiger partial charge in [0.15, 0.2) is 0 Å². The van der Waals surface area contributed by atoms with Gasteiger partial charge >= 0.3 is 0 Å². The summed E-state index contributed by atoms with van der Waals surface area (Å²) in [5.41, 5.74) is 1.50. The van der Waals surface area contributed by atoms with E-state index in [2.05, 4.69) is 20.4 Å². The summed E-state index contributed by atoms with van der Waals surface area (Å²) in [6.45, 7) is 8.74. The number of rotatable bonds is 4. The van der Waals surface area contributed by atoms with Gasteiger partial charge in [-0.2, -0.15) is 0 Å². The fourth-order valence-corrected chi connectivity index (χ4v) is 2.62. The van der Waals surface area contributed by atoms with Crippen LogP contribution in [-0.4, -0.2) is 0 Å². The van der Waals surface area contributed by atoms with Crippen LogP contribution in [-0.2, 0) is 0 Å². The predicted octanol–water partition coefficient (Wildman–Crippen LogP) is 4.56. The largest absolute Gasteiger partial charge is 0.0996 e. The number of hydrogen-bond acceptors (Lipinski definition) is 0. The van der Waals surface area contributed by atoms with E-state index in [1.54, 1.807) is 0 Å². The van der Waals surface area contributed by atoms with Crippen molar-refractivity contribution in [1.82, 2.24) is 0 Å². The zero-order chi connectivity index (χ0) is 9.68. The summed E-state index contributed by atoms with van der Waals surface area (Å²) < 4.78 is 0. The zero-order valence-corrected chi connectivity index (χ0v) is 9.31.